The van der Waals surface area contributed by atoms with E-state index in [1.165, 1.54) is 14.0 Å². The molecule has 0 radical (unpaired) electrons. The van der Waals surface area contributed by atoms with E-state index in [0.29, 0.717) is 11.3 Å². The molecule has 3 aromatic carbocycles. The molecule has 4 aliphatic rings. The van der Waals surface area contributed by atoms with Gasteiger partial charge in [0.25, 0.3) is 0 Å². The van der Waals surface area contributed by atoms with Crippen LogP contribution in [0.4, 0.5) is 0 Å². The van der Waals surface area contributed by atoms with Gasteiger partial charge in [-0.05, 0) is 41.3 Å². The SMILES string of the molecule is COc1cccc(C(=O)COC(=O)[C@@H](C)N2C(=O)[C@@H]3C4c5ccccc5C(c5ccccc54)[C@@H]3C2=O)c1. The van der Waals surface area contributed by atoms with Gasteiger partial charge in [0.1, 0.15) is 11.8 Å². The number of nitrogens with zero attached hydrogens (tertiary/aromatic N) is 1. The van der Waals surface area contributed by atoms with E-state index in [0.717, 1.165) is 27.2 Å². The van der Waals surface area contributed by atoms with Crippen molar-refractivity contribution in [1.82, 2.24) is 4.90 Å². The van der Waals surface area contributed by atoms with Crippen LogP contribution in [0.3, 0.4) is 0 Å². The summed E-state index contributed by atoms with van der Waals surface area (Å²) in [4.78, 5) is 54.1. The minimum atomic E-state index is -1.14. The molecule has 1 saturated heterocycles. The fourth-order valence-electron chi connectivity index (χ4n) is 6.32. The largest absolute Gasteiger partial charge is 0.497 e. The van der Waals surface area contributed by atoms with E-state index in [9.17, 15) is 19.2 Å². The monoisotopic (exact) mass is 495 g/mol. The average molecular weight is 496 g/mol. The van der Waals surface area contributed by atoms with Crippen molar-refractivity contribution in [2.45, 2.75) is 24.8 Å². The summed E-state index contributed by atoms with van der Waals surface area (Å²) in [5.74, 6) is -3.06. The lowest BCUT2D eigenvalue weighted by molar-refractivity contribution is -0.157. The van der Waals surface area contributed by atoms with Crippen molar-refractivity contribution in [2.24, 2.45) is 11.8 Å². The molecular formula is C30H25NO6. The van der Waals surface area contributed by atoms with Gasteiger partial charge < -0.3 is 9.47 Å². The van der Waals surface area contributed by atoms with Crippen LogP contribution in [0.2, 0.25) is 0 Å². The first-order valence-electron chi connectivity index (χ1n) is 12.3. The Morgan fingerprint density at radius 3 is 1.81 bits per heavy atom. The molecular weight excluding hydrogens is 470 g/mol. The summed E-state index contributed by atoms with van der Waals surface area (Å²) in [6.07, 6.45) is 0. The predicted octanol–water partition coefficient (Wildman–Crippen LogP) is 3.70. The summed E-state index contributed by atoms with van der Waals surface area (Å²) >= 11 is 0. The van der Waals surface area contributed by atoms with Gasteiger partial charge in [-0.25, -0.2) is 4.79 Å². The molecule has 0 aromatic heterocycles. The van der Waals surface area contributed by atoms with Crippen LogP contribution in [0, 0.1) is 11.8 Å². The summed E-state index contributed by atoms with van der Waals surface area (Å²) in [5.41, 5.74) is 4.60. The van der Waals surface area contributed by atoms with E-state index in [1.807, 2.05) is 48.5 Å². The van der Waals surface area contributed by atoms with Crippen molar-refractivity contribution < 1.29 is 28.7 Å². The molecule has 1 heterocycles. The molecule has 2 amide bonds. The second-order valence-electron chi connectivity index (χ2n) is 9.75. The number of likely N-dealkylation sites (tertiary alicyclic amines) is 1. The molecule has 3 aromatic rings. The number of carbonyl (C=O) groups excluding carboxylic acids is 4. The molecule has 7 nitrogen and oxygen atoms in total. The Labute approximate surface area is 214 Å². The summed E-state index contributed by atoms with van der Waals surface area (Å²) < 4.78 is 10.4. The number of benzene rings is 3. The smallest absolute Gasteiger partial charge is 0.329 e. The second kappa shape index (κ2) is 8.69. The maximum Gasteiger partial charge on any atom is 0.329 e. The summed E-state index contributed by atoms with van der Waals surface area (Å²) in [7, 11) is 1.50. The average Bonchev–Trinajstić information content (AvgIpc) is 3.21. The molecule has 0 unspecified atom stereocenters. The number of esters is 1. The van der Waals surface area contributed by atoms with Gasteiger partial charge in [0.05, 0.1) is 18.9 Å². The lowest BCUT2D eigenvalue weighted by Crippen LogP contribution is -2.45. The molecule has 1 fully saturated rings. The highest BCUT2D eigenvalue weighted by Crippen LogP contribution is 2.61. The lowest BCUT2D eigenvalue weighted by atomic mass is 9.55. The molecule has 7 rings (SSSR count). The van der Waals surface area contributed by atoms with E-state index in [-0.39, 0.29) is 23.7 Å². The highest BCUT2D eigenvalue weighted by Gasteiger charge is 2.62. The van der Waals surface area contributed by atoms with Gasteiger partial charge in [-0.15, -0.1) is 0 Å². The van der Waals surface area contributed by atoms with Gasteiger partial charge in [-0.1, -0.05) is 60.7 Å². The Bertz CT molecular complexity index is 1350. The van der Waals surface area contributed by atoms with Crippen molar-refractivity contribution >= 4 is 23.6 Å². The van der Waals surface area contributed by atoms with Crippen molar-refractivity contribution in [3.63, 3.8) is 0 Å². The third kappa shape index (κ3) is 3.41. The molecule has 37 heavy (non-hydrogen) atoms. The van der Waals surface area contributed by atoms with Crippen LogP contribution in [-0.4, -0.2) is 48.2 Å². The molecule has 3 aliphatic carbocycles. The molecule has 0 spiro atoms. The van der Waals surface area contributed by atoms with Crippen molar-refractivity contribution in [3.8, 4) is 5.75 Å². The van der Waals surface area contributed by atoms with Gasteiger partial charge in [-0.3, -0.25) is 19.3 Å². The highest BCUT2D eigenvalue weighted by atomic mass is 16.5. The van der Waals surface area contributed by atoms with Crippen LogP contribution in [0.15, 0.2) is 72.8 Å². The number of rotatable bonds is 6. The number of hydrogen-bond donors (Lipinski definition) is 0. The minimum absolute atomic E-state index is 0.248. The van der Waals surface area contributed by atoms with E-state index in [2.05, 4.69) is 0 Å². The Balaban J connectivity index is 1.25. The number of ether oxygens (including phenoxy) is 2. The first-order valence-corrected chi connectivity index (χ1v) is 12.3. The van der Waals surface area contributed by atoms with E-state index in [4.69, 9.17) is 9.47 Å². The number of methoxy groups -OCH3 is 1. The third-order valence-electron chi connectivity index (χ3n) is 7.95. The zero-order chi connectivity index (χ0) is 25.8. The standard InChI is InChI=1S/C30H25NO6/c1-16(30(35)37-15-23(32)17-8-7-9-18(14-17)36-2)31-28(33)26-24-19-10-3-4-11-20(19)25(27(26)29(31)34)22-13-6-5-12-21(22)24/h3-14,16,24-27H,15H2,1-2H3/t16-,24?,25?,26-,27+/m1/s1. The quantitative estimate of drug-likeness (QED) is 0.294. The summed E-state index contributed by atoms with van der Waals surface area (Å²) in [6.45, 7) is 0.981. The number of amides is 2. The van der Waals surface area contributed by atoms with Gasteiger partial charge in [-0.2, -0.15) is 0 Å². The first-order chi connectivity index (χ1) is 17.9. The normalized spacial score (nSPS) is 23.7. The maximum atomic E-state index is 13.8. The number of ketones is 1. The van der Waals surface area contributed by atoms with Crippen LogP contribution >= 0.6 is 0 Å². The zero-order valence-electron chi connectivity index (χ0n) is 20.4. The first kappa shape index (κ1) is 23.2. The van der Waals surface area contributed by atoms with Crippen LogP contribution in [0.5, 0.6) is 5.75 Å². The van der Waals surface area contributed by atoms with Gasteiger partial charge >= 0.3 is 5.97 Å². The van der Waals surface area contributed by atoms with Crippen LogP contribution in [0.1, 0.15) is 51.4 Å². The van der Waals surface area contributed by atoms with E-state index in [1.54, 1.807) is 24.3 Å². The van der Waals surface area contributed by atoms with Crippen LogP contribution in [-0.2, 0) is 19.1 Å². The highest BCUT2D eigenvalue weighted by molar-refractivity contribution is 6.10. The van der Waals surface area contributed by atoms with E-state index >= 15 is 0 Å². The third-order valence-corrected chi connectivity index (χ3v) is 7.95. The molecule has 1 aliphatic heterocycles. The van der Waals surface area contributed by atoms with Crippen LogP contribution < -0.4 is 4.74 Å². The number of carbonyl (C=O) groups is 4. The molecule has 7 heteroatoms. The molecule has 3 atom stereocenters. The predicted molar refractivity (Wildman–Crippen MR) is 133 cm³/mol. The lowest BCUT2D eigenvalue weighted by Gasteiger charge is -2.45. The number of imide groups is 1. The van der Waals surface area contributed by atoms with Crippen molar-refractivity contribution in [1.29, 1.82) is 0 Å². The summed E-state index contributed by atoms with van der Waals surface area (Å²) in [6, 6.07) is 21.3. The molecule has 2 bridgehead atoms. The van der Waals surface area contributed by atoms with Crippen LogP contribution in [0.25, 0.3) is 0 Å². The summed E-state index contributed by atoms with van der Waals surface area (Å²) in [5, 5.41) is 0. The zero-order valence-corrected chi connectivity index (χ0v) is 20.4. The Kier molecular flexibility index (Phi) is 5.44. The maximum absolute atomic E-state index is 13.8. The van der Waals surface area contributed by atoms with Gasteiger partial charge in [0.15, 0.2) is 12.4 Å². The Morgan fingerprint density at radius 1 is 0.811 bits per heavy atom. The second-order valence-corrected chi connectivity index (χ2v) is 9.75. The number of hydrogen-bond acceptors (Lipinski definition) is 6. The van der Waals surface area contributed by atoms with Gasteiger partial charge in [0, 0.05) is 17.4 Å². The molecule has 0 saturated carbocycles. The molecule has 186 valence electrons. The topological polar surface area (TPSA) is 90.0 Å². The fourth-order valence-corrected chi connectivity index (χ4v) is 6.32. The van der Waals surface area contributed by atoms with Crippen molar-refractivity contribution in [3.05, 3.63) is 101 Å². The number of Topliss-reactive ketones (excluding diaryl/α,β-unsaturated/α-hetero) is 1. The van der Waals surface area contributed by atoms with Gasteiger partial charge in [0.2, 0.25) is 11.8 Å². The van der Waals surface area contributed by atoms with E-state index < -0.39 is 36.2 Å². The fraction of sp³-hybridized carbons (Fsp3) is 0.267. The Hall–Kier alpha value is -4.26. The minimum Gasteiger partial charge on any atom is -0.497 e. The Morgan fingerprint density at radius 2 is 1.32 bits per heavy atom. The van der Waals surface area contributed by atoms with Crippen molar-refractivity contribution in [2.75, 3.05) is 13.7 Å². The molecule has 0 N–H and O–H groups in total.